The molecule has 3 saturated heterocycles. The summed E-state index contributed by atoms with van der Waals surface area (Å²) in [6.45, 7) is 1.75. The molecule has 338 valence electrons. The third-order valence-corrected chi connectivity index (χ3v) is 14.6. The van der Waals surface area contributed by atoms with Gasteiger partial charge in [-0.2, -0.15) is 0 Å². The van der Waals surface area contributed by atoms with Crippen LogP contribution in [0.2, 0.25) is 0 Å². The van der Waals surface area contributed by atoms with Crippen LogP contribution in [0.3, 0.4) is 0 Å². The highest BCUT2D eigenvalue weighted by Crippen LogP contribution is 2.41. The Labute approximate surface area is 370 Å². The molecule has 2 aliphatic carbocycles. The summed E-state index contributed by atoms with van der Waals surface area (Å²) < 4.78 is 0. The molecule has 0 bridgehead atoms. The summed E-state index contributed by atoms with van der Waals surface area (Å²) in [5, 5.41) is 16.3. The normalized spacial score (nSPS) is 28.4. The van der Waals surface area contributed by atoms with Crippen LogP contribution < -0.4 is 32.3 Å². The number of nitrogens with zero attached hydrogens (tertiary/aromatic N) is 2. The second kappa shape index (κ2) is 17.6. The maximum absolute atomic E-state index is 15.1. The lowest BCUT2D eigenvalue weighted by molar-refractivity contribution is -0.150. The highest BCUT2D eigenvalue weighted by molar-refractivity contribution is 6.01. The molecule has 4 aromatic rings. The Hall–Kier alpha value is -6.39. The number of benzene rings is 2. The second-order valence-electron chi connectivity index (χ2n) is 18.6. The molecule has 3 aliphatic heterocycles. The molecule has 1 spiro atoms. The zero-order valence-corrected chi connectivity index (χ0v) is 36.1. The molecule has 2 aromatic heterocycles. The van der Waals surface area contributed by atoms with Gasteiger partial charge in [0.05, 0.1) is 6.04 Å². The largest absolute Gasteiger partial charge is 0.361 e. The SMILES string of the molecule is CC(NC(N)=O)[C@@H]1NC(=O)[C@H](Cc2c[nH]c3ccccc23)NC(=O)C2(CCCC2)NC(=O)[C@H](Cc2c[nH]c3ccccc23)NC(=O)[C@@H]2C[C@@H]3CCCC[C@@H]3N2C(=O)[C@H]2CCCN2C1=O. The van der Waals surface area contributed by atoms with Crippen molar-refractivity contribution in [2.75, 3.05) is 6.54 Å². The van der Waals surface area contributed by atoms with Crippen molar-refractivity contribution in [2.45, 2.75) is 138 Å². The standard InChI is InChI=1S/C47H58N10O7/c1-26(51-46(48)64)39-44(62)56-20-10-17-37(56)43(61)57-36-16-7-2-11-27(36)23-38(57)42(60)52-35(22-29-25-50-33-15-6-4-13-31(29)33)41(59)55-47(18-8-9-19-47)45(63)53-34(40(58)54-39)21-28-24-49-32-14-5-3-12-30(28)32/h3-6,12-15,24-27,34-39,49-50H,2,7-11,16-23H2,1H3,(H,52,60)(H,53,63)(H,54,58)(H,55,59)(H3,48,51,64)/t26?,27-,34-,35-,36-,37+,38-,39-/m0/s1. The van der Waals surface area contributed by atoms with Gasteiger partial charge in [0.2, 0.25) is 35.4 Å². The van der Waals surface area contributed by atoms with E-state index in [9.17, 15) is 28.8 Å². The van der Waals surface area contributed by atoms with Gasteiger partial charge in [0.15, 0.2) is 0 Å². The Morgan fingerprint density at radius 2 is 1.36 bits per heavy atom. The summed E-state index contributed by atoms with van der Waals surface area (Å²) in [4.78, 5) is 111. The minimum atomic E-state index is -1.44. The number of urea groups is 1. The topological polar surface area (TPSA) is 244 Å². The first kappa shape index (κ1) is 42.9. The lowest BCUT2D eigenvalue weighted by Gasteiger charge is -2.39. The molecule has 64 heavy (non-hydrogen) atoms. The van der Waals surface area contributed by atoms with E-state index in [0.29, 0.717) is 38.5 Å². The third kappa shape index (κ3) is 8.15. The number of hydrogen-bond acceptors (Lipinski definition) is 7. The van der Waals surface area contributed by atoms with Crippen LogP contribution >= 0.6 is 0 Å². The van der Waals surface area contributed by atoms with Gasteiger partial charge in [-0.3, -0.25) is 28.8 Å². The lowest BCUT2D eigenvalue weighted by Crippen LogP contribution is -2.66. The number of aromatic amines is 2. The second-order valence-corrected chi connectivity index (χ2v) is 18.6. The molecule has 9 rings (SSSR count). The number of hydrogen-bond donors (Lipinski definition) is 8. The van der Waals surface area contributed by atoms with Crippen LogP contribution in [0.15, 0.2) is 60.9 Å². The first-order chi connectivity index (χ1) is 30.9. The molecule has 2 aromatic carbocycles. The third-order valence-electron chi connectivity index (χ3n) is 14.6. The number of amides is 8. The van der Waals surface area contributed by atoms with Crippen LogP contribution in [0.1, 0.15) is 88.7 Å². The lowest BCUT2D eigenvalue weighted by atomic mass is 9.84. The minimum Gasteiger partial charge on any atom is -0.361 e. The van der Waals surface area contributed by atoms with Gasteiger partial charge in [0, 0.05) is 59.6 Å². The van der Waals surface area contributed by atoms with E-state index >= 15 is 4.79 Å². The summed E-state index contributed by atoms with van der Waals surface area (Å²) in [5.74, 6) is -3.18. The Bertz CT molecular complexity index is 2470. The molecule has 8 atom stereocenters. The molecule has 5 fully saturated rings. The van der Waals surface area contributed by atoms with Crippen LogP contribution in [0.5, 0.6) is 0 Å². The molecule has 9 N–H and O–H groups in total. The van der Waals surface area contributed by atoms with Crippen molar-refractivity contribution >= 4 is 63.3 Å². The van der Waals surface area contributed by atoms with E-state index < -0.39 is 77.4 Å². The molecule has 2 saturated carbocycles. The summed E-state index contributed by atoms with van der Waals surface area (Å²) >= 11 is 0. The summed E-state index contributed by atoms with van der Waals surface area (Å²) in [6.07, 6.45) is 10.1. The number of H-pyrrole nitrogens is 2. The van der Waals surface area contributed by atoms with E-state index in [1.807, 2.05) is 54.7 Å². The molecule has 17 heteroatoms. The number of nitrogens with one attached hydrogen (secondary N) is 7. The van der Waals surface area contributed by atoms with Crippen LogP contribution in [0, 0.1) is 5.92 Å². The number of aromatic nitrogens is 2. The summed E-state index contributed by atoms with van der Waals surface area (Å²) in [7, 11) is 0. The minimum absolute atomic E-state index is 0.00707. The maximum atomic E-state index is 15.1. The van der Waals surface area contributed by atoms with Crippen molar-refractivity contribution in [3.63, 3.8) is 0 Å². The number of fused-ring (bicyclic) bond motifs is 6. The Balaban J connectivity index is 1.13. The van der Waals surface area contributed by atoms with E-state index in [4.69, 9.17) is 5.73 Å². The van der Waals surface area contributed by atoms with Crippen molar-refractivity contribution in [1.29, 1.82) is 0 Å². The average molecular weight is 875 g/mol. The first-order valence-electron chi connectivity index (χ1n) is 22.9. The van der Waals surface area contributed by atoms with E-state index in [2.05, 4.69) is 36.6 Å². The van der Waals surface area contributed by atoms with Crippen LogP contribution in [0.4, 0.5) is 4.79 Å². The number of carbonyl (C=O) groups is 7. The predicted octanol–water partition coefficient (Wildman–Crippen LogP) is 2.54. The zero-order valence-electron chi connectivity index (χ0n) is 36.1. The molecule has 8 amide bonds. The Kier molecular flexibility index (Phi) is 11.8. The fraction of sp³-hybridized carbons (Fsp3) is 0.511. The molecule has 1 unspecified atom stereocenters. The molecule has 5 aliphatic rings. The summed E-state index contributed by atoms with van der Waals surface area (Å²) in [5.41, 5.74) is 7.34. The molecule has 5 heterocycles. The molecular formula is C47H58N10O7. The van der Waals surface area contributed by atoms with E-state index in [-0.39, 0.29) is 50.1 Å². The van der Waals surface area contributed by atoms with E-state index in [1.54, 1.807) is 18.0 Å². The average Bonchev–Trinajstić information content (AvgIpc) is 4.15. The van der Waals surface area contributed by atoms with Gasteiger partial charge in [-0.25, -0.2) is 4.79 Å². The number of rotatable bonds is 6. The van der Waals surface area contributed by atoms with Crippen molar-refractivity contribution < 1.29 is 33.6 Å². The molecular weight excluding hydrogens is 817 g/mol. The smallest absolute Gasteiger partial charge is 0.312 e. The van der Waals surface area contributed by atoms with Crippen LogP contribution in [0.25, 0.3) is 21.8 Å². The summed E-state index contributed by atoms with van der Waals surface area (Å²) in [6, 6.07) is 7.42. The van der Waals surface area contributed by atoms with Crippen LogP contribution in [-0.4, -0.2) is 116 Å². The van der Waals surface area contributed by atoms with E-state index in [1.165, 1.54) is 4.90 Å². The fourth-order valence-corrected chi connectivity index (χ4v) is 11.3. The van der Waals surface area contributed by atoms with Gasteiger partial charge in [-0.15, -0.1) is 0 Å². The number of para-hydroxylation sites is 2. The van der Waals surface area contributed by atoms with Gasteiger partial charge < -0.3 is 52.1 Å². The Morgan fingerprint density at radius 3 is 2.02 bits per heavy atom. The fourth-order valence-electron chi connectivity index (χ4n) is 11.3. The number of primary amides is 1. The van der Waals surface area contributed by atoms with E-state index in [0.717, 1.165) is 52.2 Å². The van der Waals surface area contributed by atoms with Gasteiger partial charge in [0.25, 0.3) is 0 Å². The van der Waals surface area contributed by atoms with Crippen molar-refractivity contribution in [3.8, 4) is 0 Å². The highest BCUT2D eigenvalue weighted by Gasteiger charge is 2.52. The van der Waals surface area contributed by atoms with Gasteiger partial charge in [-0.1, -0.05) is 62.1 Å². The Morgan fingerprint density at radius 1 is 0.734 bits per heavy atom. The monoisotopic (exact) mass is 874 g/mol. The first-order valence-corrected chi connectivity index (χ1v) is 22.9. The molecule has 0 radical (unpaired) electrons. The number of carbonyl (C=O) groups excluding carboxylic acids is 7. The predicted molar refractivity (Wildman–Crippen MR) is 237 cm³/mol. The van der Waals surface area contributed by atoms with Crippen molar-refractivity contribution in [3.05, 3.63) is 72.1 Å². The number of nitrogens with two attached hydrogens (primary N) is 1. The van der Waals surface area contributed by atoms with Crippen molar-refractivity contribution in [2.24, 2.45) is 11.7 Å². The van der Waals surface area contributed by atoms with Gasteiger partial charge in [-0.05, 0) is 81.0 Å². The van der Waals surface area contributed by atoms with Gasteiger partial charge >= 0.3 is 6.03 Å². The van der Waals surface area contributed by atoms with Crippen LogP contribution in [-0.2, 0) is 41.6 Å². The molecule has 17 nitrogen and oxygen atoms in total. The highest BCUT2D eigenvalue weighted by atomic mass is 16.2. The zero-order chi connectivity index (χ0) is 44.7. The maximum Gasteiger partial charge on any atom is 0.312 e. The quantitative estimate of drug-likeness (QED) is 0.144. The van der Waals surface area contributed by atoms with Gasteiger partial charge in [0.1, 0.15) is 35.7 Å². The van der Waals surface area contributed by atoms with Crippen molar-refractivity contribution in [1.82, 2.24) is 46.4 Å².